The summed E-state index contributed by atoms with van der Waals surface area (Å²) in [5.41, 5.74) is 3.13. The van der Waals surface area contributed by atoms with Crippen molar-refractivity contribution in [2.45, 2.75) is 34.1 Å². The molecule has 2 heterocycles. The Balaban J connectivity index is 2.03. The van der Waals surface area contributed by atoms with Gasteiger partial charge < -0.3 is 4.57 Å². The summed E-state index contributed by atoms with van der Waals surface area (Å²) >= 11 is 0. The normalized spacial score (nSPS) is 24.7. The third-order valence-electron chi connectivity index (χ3n) is 4.86. The molecule has 19 heavy (non-hydrogen) atoms. The highest BCUT2D eigenvalue weighted by Crippen LogP contribution is 2.23. The number of carbonyl (C=O) groups excluding carboxylic acids is 1. The zero-order valence-electron chi connectivity index (χ0n) is 12.9. The number of likely N-dealkylation sites (tertiary alicyclic amines) is 1. The van der Waals surface area contributed by atoms with Gasteiger partial charge in [-0.15, -0.1) is 0 Å². The zero-order valence-corrected chi connectivity index (χ0v) is 12.9. The van der Waals surface area contributed by atoms with Crippen molar-refractivity contribution in [2.75, 3.05) is 19.6 Å². The lowest BCUT2D eigenvalue weighted by atomic mass is 9.88. The van der Waals surface area contributed by atoms with E-state index in [1.54, 1.807) is 0 Å². The van der Waals surface area contributed by atoms with Crippen molar-refractivity contribution in [1.29, 1.82) is 0 Å². The van der Waals surface area contributed by atoms with Crippen LogP contribution in [0.4, 0.5) is 0 Å². The first-order valence-electron chi connectivity index (χ1n) is 7.28. The Kier molecular flexibility index (Phi) is 4.14. The molecule has 1 aliphatic heterocycles. The highest BCUT2D eigenvalue weighted by atomic mass is 16.1. The molecule has 1 aliphatic rings. The number of carbonyl (C=O) groups is 1. The molecule has 0 N–H and O–H groups in total. The summed E-state index contributed by atoms with van der Waals surface area (Å²) in [4.78, 5) is 14.7. The van der Waals surface area contributed by atoms with E-state index < -0.39 is 0 Å². The van der Waals surface area contributed by atoms with Crippen molar-refractivity contribution in [2.24, 2.45) is 18.9 Å². The molecule has 3 heteroatoms. The van der Waals surface area contributed by atoms with Crippen LogP contribution >= 0.6 is 0 Å². The summed E-state index contributed by atoms with van der Waals surface area (Å²) in [6.07, 6.45) is 1.21. The van der Waals surface area contributed by atoms with Gasteiger partial charge in [0.1, 0.15) is 0 Å². The summed E-state index contributed by atoms with van der Waals surface area (Å²) in [6.45, 7) is 11.4. The number of aromatic nitrogens is 1. The van der Waals surface area contributed by atoms with Crippen LogP contribution in [0.1, 0.15) is 42.0 Å². The molecule has 2 rings (SSSR count). The standard InChI is InChI=1S/C16H26N2O/c1-11-6-7-18(9-12(11)2)10-16(19)15-8-13(3)17(5)14(15)4/h8,11-12H,6-7,9-10H2,1-5H3. The molecule has 0 spiro atoms. The van der Waals surface area contributed by atoms with Crippen LogP contribution in [0.5, 0.6) is 0 Å². The zero-order chi connectivity index (χ0) is 14.2. The van der Waals surface area contributed by atoms with Crippen LogP contribution in [-0.2, 0) is 7.05 Å². The van der Waals surface area contributed by atoms with Crippen LogP contribution in [0.2, 0.25) is 0 Å². The van der Waals surface area contributed by atoms with E-state index >= 15 is 0 Å². The minimum Gasteiger partial charge on any atom is -0.351 e. The SMILES string of the molecule is Cc1cc(C(=O)CN2CCC(C)C(C)C2)c(C)n1C. The summed E-state index contributed by atoms with van der Waals surface area (Å²) in [5.74, 6) is 1.75. The van der Waals surface area contributed by atoms with E-state index in [4.69, 9.17) is 0 Å². The van der Waals surface area contributed by atoms with E-state index in [0.717, 1.165) is 36.0 Å². The van der Waals surface area contributed by atoms with Crippen LogP contribution < -0.4 is 0 Å². The minimum atomic E-state index is 0.267. The lowest BCUT2D eigenvalue weighted by Gasteiger charge is -2.34. The van der Waals surface area contributed by atoms with Crippen LogP contribution in [0, 0.1) is 25.7 Å². The molecule has 2 atom stereocenters. The van der Waals surface area contributed by atoms with E-state index in [1.165, 1.54) is 6.42 Å². The smallest absolute Gasteiger partial charge is 0.178 e. The van der Waals surface area contributed by atoms with Gasteiger partial charge in [-0.3, -0.25) is 9.69 Å². The maximum Gasteiger partial charge on any atom is 0.178 e. The molecule has 3 nitrogen and oxygen atoms in total. The molecule has 106 valence electrons. The molecule has 0 bridgehead atoms. The van der Waals surface area contributed by atoms with Gasteiger partial charge in [0.25, 0.3) is 0 Å². The van der Waals surface area contributed by atoms with E-state index in [9.17, 15) is 4.79 Å². The van der Waals surface area contributed by atoms with Crippen LogP contribution in [-0.4, -0.2) is 34.9 Å². The topological polar surface area (TPSA) is 25.2 Å². The van der Waals surface area contributed by atoms with Crippen molar-refractivity contribution in [1.82, 2.24) is 9.47 Å². The molecule has 0 radical (unpaired) electrons. The number of hydrogen-bond donors (Lipinski definition) is 0. The van der Waals surface area contributed by atoms with E-state index in [-0.39, 0.29) is 5.78 Å². The fraction of sp³-hybridized carbons (Fsp3) is 0.688. The molecule has 1 saturated heterocycles. The van der Waals surface area contributed by atoms with Gasteiger partial charge in [-0.05, 0) is 44.7 Å². The Morgan fingerprint density at radius 2 is 2.00 bits per heavy atom. The van der Waals surface area contributed by atoms with Gasteiger partial charge >= 0.3 is 0 Å². The third kappa shape index (κ3) is 2.92. The number of piperidine rings is 1. The van der Waals surface area contributed by atoms with Crippen molar-refractivity contribution in [3.8, 4) is 0 Å². The fourth-order valence-corrected chi connectivity index (χ4v) is 2.92. The third-order valence-corrected chi connectivity index (χ3v) is 4.86. The molecule has 1 aromatic rings. The Hall–Kier alpha value is -1.09. The first kappa shape index (κ1) is 14.3. The van der Waals surface area contributed by atoms with Gasteiger partial charge in [-0.2, -0.15) is 0 Å². The van der Waals surface area contributed by atoms with Gasteiger partial charge in [0.2, 0.25) is 0 Å². The summed E-state index contributed by atoms with van der Waals surface area (Å²) in [5, 5.41) is 0. The molecule has 0 amide bonds. The Morgan fingerprint density at radius 3 is 2.53 bits per heavy atom. The molecule has 2 unspecified atom stereocenters. The predicted octanol–water partition coefficient (Wildman–Crippen LogP) is 2.80. The largest absolute Gasteiger partial charge is 0.351 e. The lowest BCUT2D eigenvalue weighted by molar-refractivity contribution is 0.0848. The fourth-order valence-electron chi connectivity index (χ4n) is 2.92. The highest BCUT2D eigenvalue weighted by molar-refractivity contribution is 5.99. The maximum absolute atomic E-state index is 12.4. The number of aryl methyl sites for hydroxylation is 1. The number of ketones is 1. The number of rotatable bonds is 3. The van der Waals surface area contributed by atoms with Crippen molar-refractivity contribution >= 4 is 5.78 Å². The summed E-state index contributed by atoms with van der Waals surface area (Å²) in [6, 6.07) is 2.02. The van der Waals surface area contributed by atoms with Gasteiger partial charge in [0.05, 0.1) is 6.54 Å². The van der Waals surface area contributed by atoms with Gasteiger partial charge in [-0.1, -0.05) is 13.8 Å². The molecule has 1 aromatic heterocycles. The van der Waals surface area contributed by atoms with Crippen LogP contribution in [0.25, 0.3) is 0 Å². The van der Waals surface area contributed by atoms with Crippen molar-refractivity contribution in [3.63, 3.8) is 0 Å². The second-order valence-corrected chi connectivity index (χ2v) is 6.25. The second-order valence-electron chi connectivity index (χ2n) is 6.25. The predicted molar refractivity (Wildman–Crippen MR) is 78.6 cm³/mol. The first-order chi connectivity index (χ1) is 8.90. The molecule has 0 saturated carbocycles. The Bertz CT molecular complexity index is 475. The monoisotopic (exact) mass is 262 g/mol. The lowest BCUT2D eigenvalue weighted by Crippen LogP contribution is -2.41. The average molecular weight is 262 g/mol. The molecule has 1 fully saturated rings. The van der Waals surface area contributed by atoms with Gasteiger partial charge in [0.15, 0.2) is 5.78 Å². The number of nitrogens with zero attached hydrogens (tertiary/aromatic N) is 2. The molecule has 0 aliphatic carbocycles. The van der Waals surface area contributed by atoms with Crippen LogP contribution in [0.15, 0.2) is 6.07 Å². The molecular weight excluding hydrogens is 236 g/mol. The summed E-state index contributed by atoms with van der Waals surface area (Å²) in [7, 11) is 2.02. The highest BCUT2D eigenvalue weighted by Gasteiger charge is 2.25. The first-order valence-corrected chi connectivity index (χ1v) is 7.28. The quantitative estimate of drug-likeness (QED) is 0.783. The van der Waals surface area contributed by atoms with E-state index in [1.807, 2.05) is 20.0 Å². The average Bonchev–Trinajstić information content (AvgIpc) is 2.62. The second kappa shape index (κ2) is 5.49. The van der Waals surface area contributed by atoms with E-state index in [2.05, 4.69) is 30.2 Å². The van der Waals surface area contributed by atoms with Crippen molar-refractivity contribution < 1.29 is 4.79 Å². The van der Waals surface area contributed by atoms with Crippen molar-refractivity contribution in [3.05, 3.63) is 23.0 Å². The van der Waals surface area contributed by atoms with Gasteiger partial charge in [0, 0.05) is 30.5 Å². The van der Waals surface area contributed by atoms with Gasteiger partial charge in [-0.25, -0.2) is 0 Å². The molecular formula is C16H26N2O. The van der Waals surface area contributed by atoms with E-state index in [0.29, 0.717) is 12.5 Å². The Morgan fingerprint density at radius 1 is 1.32 bits per heavy atom. The number of Topliss-reactive ketones (excluding diaryl/α,β-unsaturated/α-hetero) is 1. The molecule has 0 aromatic carbocycles. The maximum atomic E-state index is 12.4. The summed E-state index contributed by atoms with van der Waals surface area (Å²) < 4.78 is 2.09. The minimum absolute atomic E-state index is 0.267. The van der Waals surface area contributed by atoms with Crippen LogP contribution in [0.3, 0.4) is 0 Å². The Labute approximate surface area is 116 Å². The number of hydrogen-bond acceptors (Lipinski definition) is 2.